The van der Waals surface area contributed by atoms with Crippen LogP contribution >= 0.6 is 0 Å². The molecule has 0 spiro atoms. The molecule has 0 N–H and O–H groups in total. The molecule has 0 amide bonds. The second-order valence-corrected chi connectivity index (χ2v) is 17.4. The molecule has 0 heterocycles. The van der Waals surface area contributed by atoms with E-state index in [1.807, 2.05) is 20.8 Å². The zero-order valence-corrected chi connectivity index (χ0v) is 11.9. The first kappa shape index (κ1) is 12.3. The summed E-state index contributed by atoms with van der Waals surface area (Å²) in [6.07, 6.45) is 0.841. The number of rotatable bonds is 3. The summed E-state index contributed by atoms with van der Waals surface area (Å²) in [6, 6.07) is 0. The molecule has 0 atom stereocenters. The Kier molecular flexibility index (Phi) is 4.07. The van der Waals surface area contributed by atoms with Crippen molar-refractivity contribution in [2.24, 2.45) is 5.41 Å². The van der Waals surface area contributed by atoms with Crippen LogP contribution in [0.25, 0.3) is 0 Å². The van der Waals surface area contributed by atoms with Crippen LogP contribution in [0.3, 0.4) is 0 Å². The van der Waals surface area contributed by atoms with Crippen molar-refractivity contribution >= 4 is 24.8 Å². The molecule has 0 aliphatic heterocycles. The minimum absolute atomic E-state index is 0.0201. The van der Waals surface area contributed by atoms with Gasteiger partial charge in [0, 0.05) is 0 Å². The third-order valence-corrected chi connectivity index (χ3v) is 4.11. The number of hydrogen-bond donors (Lipinski definition) is 0. The van der Waals surface area contributed by atoms with Crippen LogP contribution in [0.2, 0.25) is 14.8 Å². The molecule has 0 aliphatic rings. The molecule has 3 heteroatoms. The van der Waals surface area contributed by atoms with E-state index in [1.54, 1.807) is 0 Å². The fraction of sp³-hybridized carbons (Fsp3) is 0.889. The molecular formula is C9H20O2Sn. The summed E-state index contributed by atoms with van der Waals surface area (Å²) in [5.41, 5.74) is -0.301. The Labute approximate surface area is 80.1 Å². The van der Waals surface area contributed by atoms with Crippen LogP contribution in [0.15, 0.2) is 0 Å². The summed E-state index contributed by atoms with van der Waals surface area (Å²) in [5.74, 6) is -0.0201. The summed E-state index contributed by atoms with van der Waals surface area (Å²) in [4.78, 5) is 17.8. The molecule has 0 aromatic rings. The van der Waals surface area contributed by atoms with Crippen LogP contribution in [-0.2, 0) is 7.87 Å². The molecule has 0 saturated heterocycles. The second kappa shape index (κ2) is 3.98. The van der Waals surface area contributed by atoms with Gasteiger partial charge in [0.05, 0.1) is 0 Å². The van der Waals surface area contributed by atoms with Gasteiger partial charge in [0.1, 0.15) is 0 Å². The molecular weight excluding hydrogens is 259 g/mol. The maximum absolute atomic E-state index is 11.5. The molecule has 0 saturated carbocycles. The zero-order valence-electron chi connectivity index (χ0n) is 9.02. The van der Waals surface area contributed by atoms with E-state index in [0.717, 1.165) is 6.42 Å². The predicted molar refractivity (Wildman–Crippen MR) is 53.5 cm³/mol. The summed E-state index contributed by atoms with van der Waals surface area (Å²) >= 11 is -2.37. The third-order valence-electron chi connectivity index (χ3n) is 1.84. The van der Waals surface area contributed by atoms with Crippen LogP contribution in [0.1, 0.15) is 27.2 Å². The van der Waals surface area contributed by atoms with Gasteiger partial charge in [-0.15, -0.1) is 0 Å². The topological polar surface area (TPSA) is 26.3 Å². The van der Waals surface area contributed by atoms with Gasteiger partial charge < -0.3 is 0 Å². The summed E-state index contributed by atoms with van der Waals surface area (Å²) in [7, 11) is 0. The third kappa shape index (κ3) is 4.33. The molecule has 0 aromatic carbocycles. The monoisotopic (exact) mass is 280 g/mol. The zero-order chi connectivity index (χ0) is 9.99. The van der Waals surface area contributed by atoms with Gasteiger partial charge in [-0.25, -0.2) is 0 Å². The number of carbonyl (C=O) groups excluding carboxylic acids is 1. The fourth-order valence-corrected chi connectivity index (χ4v) is 2.94. The standard InChI is InChI=1S/C6H12O2.3CH3.Sn/c1-4-6(2,3)5(7)8;;;;/h4H2,1-3H3,(H,7,8);3*1H3;/q;;;;+1/p-1. The Morgan fingerprint density at radius 1 is 1.33 bits per heavy atom. The van der Waals surface area contributed by atoms with Crippen molar-refractivity contribution in [1.82, 2.24) is 0 Å². The van der Waals surface area contributed by atoms with Crippen LogP contribution in [-0.4, -0.2) is 24.8 Å². The SMILES string of the molecule is CCC(C)(C)C(=O)[O][Sn]([CH3])([CH3])[CH3]. The van der Waals surface area contributed by atoms with Gasteiger partial charge in [-0.2, -0.15) is 0 Å². The van der Waals surface area contributed by atoms with Crippen LogP contribution in [0.5, 0.6) is 0 Å². The van der Waals surface area contributed by atoms with Crippen molar-refractivity contribution < 1.29 is 7.87 Å². The van der Waals surface area contributed by atoms with Gasteiger partial charge in [0.2, 0.25) is 0 Å². The molecule has 0 rings (SSSR count). The molecule has 0 aromatic heterocycles. The normalized spacial score (nSPS) is 12.8. The first-order chi connectivity index (χ1) is 5.19. The van der Waals surface area contributed by atoms with E-state index in [4.69, 9.17) is 3.07 Å². The van der Waals surface area contributed by atoms with Crippen molar-refractivity contribution in [3.05, 3.63) is 0 Å². The maximum atomic E-state index is 11.5. The van der Waals surface area contributed by atoms with E-state index in [2.05, 4.69) is 14.8 Å². The van der Waals surface area contributed by atoms with E-state index in [0.29, 0.717) is 0 Å². The quantitative estimate of drug-likeness (QED) is 0.742. The van der Waals surface area contributed by atoms with E-state index in [1.165, 1.54) is 0 Å². The Bertz CT molecular complexity index is 168. The molecule has 72 valence electrons. The van der Waals surface area contributed by atoms with Crippen molar-refractivity contribution in [1.29, 1.82) is 0 Å². The molecule has 0 fully saturated rings. The van der Waals surface area contributed by atoms with Crippen LogP contribution < -0.4 is 0 Å². The molecule has 0 aliphatic carbocycles. The van der Waals surface area contributed by atoms with Crippen molar-refractivity contribution in [2.75, 3.05) is 0 Å². The molecule has 12 heavy (non-hydrogen) atoms. The van der Waals surface area contributed by atoms with E-state index in [9.17, 15) is 4.79 Å². The average Bonchev–Trinajstić information content (AvgIpc) is 1.84. The van der Waals surface area contributed by atoms with Gasteiger partial charge in [0.15, 0.2) is 0 Å². The Morgan fingerprint density at radius 3 is 2.00 bits per heavy atom. The molecule has 2 nitrogen and oxygen atoms in total. The molecule has 0 bridgehead atoms. The fourth-order valence-electron chi connectivity index (χ4n) is 0.561. The summed E-state index contributed by atoms with van der Waals surface area (Å²) in [5, 5.41) is 0. The minimum atomic E-state index is -2.37. The van der Waals surface area contributed by atoms with E-state index >= 15 is 0 Å². The van der Waals surface area contributed by atoms with E-state index < -0.39 is 18.8 Å². The second-order valence-electron chi connectivity index (χ2n) is 4.74. The summed E-state index contributed by atoms with van der Waals surface area (Å²) in [6.45, 7) is 5.89. The molecule has 0 radical (unpaired) electrons. The average molecular weight is 279 g/mol. The molecule has 0 unspecified atom stereocenters. The van der Waals surface area contributed by atoms with Gasteiger partial charge in [0.25, 0.3) is 0 Å². The summed E-state index contributed by atoms with van der Waals surface area (Å²) < 4.78 is 5.46. The first-order valence-corrected chi connectivity index (χ1v) is 14.2. The van der Waals surface area contributed by atoms with Gasteiger partial charge in [-0.1, -0.05) is 0 Å². The Balaban J connectivity index is 4.23. The van der Waals surface area contributed by atoms with Crippen LogP contribution in [0.4, 0.5) is 0 Å². The van der Waals surface area contributed by atoms with Crippen molar-refractivity contribution in [3.63, 3.8) is 0 Å². The van der Waals surface area contributed by atoms with Crippen molar-refractivity contribution in [3.8, 4) is 0 Å². The number of hydrogen-bond acceptors (Lipinski definition) is 2. The van der Waals surface area contributed by atoms with Crippen LogP contribution in [0, 0.1) is 5.41 Å². The first-order valence-electron chi connectivity index (χ1n) is 4.42. The predicted octanol–water partition coefficient (Wildman–Crippen LogP) is 2.80. The van der Waals surface area contributed by atoms with Crippen molar-refractivity contribution in [2.45, 2.75) is 42.0 Å². The van der Waals surface area contributed by atoms with Gasteiger partial charge in [-0.3, -0.25) is 0 Å². The Morgan fingerprint density at radius 2 is 1.75 bits per heavy atom. The van der Waals surface area contributed by atoms with Gasteiger partial charge >= 0.3 is 80.1 Å². The Hall–Kier alpha value is 0.269. The van der Waals surface area contributed by atoms with E-state index in [-0.39, 0.29) is 11.4 Å². The van der Waals surface area contributed by atoms with Gasteiger partial charge in [-0.05, 0) is 0 Å². The number of carbonyl (C=O) groups is 1.